The summed E-state index contributed by atoms with van der Waals surface area (Å²) in [6.07, 6.45) is 0.580. The summed E-state index contributed by atoms with van der Waals surface area (Å²) in [4.78, 5) is -0.692. The minimum atomic E-state index is -4.82. The molecule has 0 bridgehead atoms. The van der Waals surface area contributed by atoms with Gasteiger partial charge in [-0.1, -0.05) is 0 Å². The van der Waals surface area contributed by atoms with Crippen LogP contribution in [0.2, 0.25) is 0 Å². The van der Waals surface area contributed by atoms with E-state index in [9.17, 15) is 20.7 Å². The Labute approximate surface area is 110 Å². The molecule has 1 aromatic carbocycles. The van der Waals surface area contributed by atoms with Crippen molar-refractivity contribution in [2.75, 3.05) is 13.2 Å². The Balaban J connectivity index is 2.21. The van der Waals surface area contributed by atoms with E-state index in [4.69, 9.17) is 4.74 Å². The molecule has 9 heteroatoms. The van der Waals surface area contributed by atoms with Crippen molar-refractivity contribution in [1.82, 2.24) is 4.72 Å². The molecule has 0 aliphatic carbocycles. The largest absolute Gasteiger partial charge is 0.380 e. The summed E-state index contributed by atoms with van der Waals surface area (Å²) in [5.74, 6) is 0. The third kappa shape index (κ3) is 3.50. The van der Waals surface area contributed by atoms with Crippen LogP contribution in [-0.2, 0) is 25.0 Å². The van der Waals surface area contributed by atoms with Crippen LogP contribution in [0.4, 0.5) is 3.89 Å². The fourth-order valence-corrected chi connectivity index (χ4v) is 3.41. The highest BCUT2D eigenvalue weighted by Gasteiger charge is 2.24. The van der Waals surface area contributed by atoms with Crippen LogP contribution >= 0.6 is 0 Å². The van der Waals surface area contributed by atoms with E-state index in [1.165, 1.54) is 0 Å². The third-order valence-electron chi connectivity index (χ3n) is 2.67. The highest BCUT2D eigenvalue weighted by atomic mass is 32.3. The second kappa shape index (κ2) is 5.16. The van der Waals surface area contributed by atoms with Gasteiger partial charge in [0, 0.05) is 12.6 Å². The van der Waals surface area contributed by atoms with E-state index in [1.807, 2.05) is 0 Å². The Kier molecular flexibility index (Phi) is 3.90. The first-order chi connectivity index (χ1) is 8.79. The number of hydrogen-bond donors (Lipinski definition) is 1. The van der Waals surface area contributed by atoms with Gasteiger partial charge in [0.2, 0.25) is 10.0 Å². The average Bonchev–Trinajstić information content (AvgIpc) is 2.80. The molecular formula is C10H12FNO5S2. The van der Waals surface area contributed by atoms with Crippen molar-refractivity contribution in [3.63, 3.8) is 0 Å². The highest BCUT2D eigenvalue weighted by Crippen LogP contribution is 2.17. The molecule has 1 heterocycles. The zero-order valence-electron chi connectivity index (χ0n) is 9.74. The van der Waals surface area contributed by atoms with Crippen molar-refractivity contribution in [2.24, 2.45) is 0 Å². The quantitative estimate of drug-likeness (QED) is 0.814. The molecule has 106 valence electrons. The normalized spacial score (nSPS) is 20.6. The van der Waals surface area contributed by atoms with Gasteiger partial charge in [-0.2, -0.15) is 8.42 Å². The Morgan fingerprint density at radius 3 is 2.16 bits per heavy atom. The zero-order chi connectivity index (χ0) is 14.1. The molecule has 1 N–H and O–H groups in total. The van der Waals surface area contributed by atoms with Gasteiger partial charge in [-0.3, -0.25) is 0 Å². The Morgan fingerprint density at radius 2 is 1.68 bits per heavy atom. The monoisotopic (exact) mass is 309 g/mol. The number of benzene rings is 1. The molecule has 1 aromatic rings. The van der Waals surface area contributed by atoms with Crippen LogP contribution in [-0.4, -0.2) is 36.1 Å². The molecule has 1 aliphatic heterocycles. The van der Waals surface area contributed by atoms with E-state index in [2.05, 4.69) is 4.72 Å². The van der Waals surface area contributed by atoms with Crippen molar-refractivity contribution in [3.8, 4) is 0 Å². The highest BCUT2D eigenvalue weighted by molar-refractivity contribution is 7.89. The lowest BCUT2D eigenvalue weighted by molar-refractivity contribution is 0.192. The lowest BCUT2D eigenvalue weighted by Crippen LogP contribution is -2.34. The van der Waals surface area contributed by atoms with Crippen LogP contribution < -0.4 is 4.72 Å². The fourth-order valence-electron chi connectivity index (χ4n) is 1.70. The standard InChI is InChI=1S/C10H12FNO5S2/c11-18(13,14)9-1-3-10(4-2-9)19(15,16)12-8-5-6-17-7-8/h1-4,8,12H,5-7H2. The maximum absolute atomic E-state index is 12.7. The number of halogens is 1. The van der Waals surface area contributed by atoms with Crippen LogP contribution in [0.3, 0.4) is 0 Å². The van der Waals surface area contributed by atoms with Gasteiger partial charge < -0.3 is 4.74 Å². The van der Waals surface area contributed by atoms with Crippen molar-refractivity contribution >= 4 is 20.2 Å². The number of ether oxygens (including phenoxy) is 1. The first-order valence-electron chi connectivity index (χ1n) is 5.44. The molecule has 6 nitrogen and oxygen atoms in total. The van der Waals surface area contributed by atoms with Crippen LogP contribution in [0.25, 0.3) is 0 Å². The molecule has 0 amide bonds. The van der Waals surface area contributed by atoms with Gasteiger partial charge in [-0.15, -0.1) is 3.89 Å². The molecule has 0 saturated carbocycles. The summed E-state index contributed by atoms with van der Waals surface area (Å²) >= 11 is 0. The van der Waals surface area contributed by atoms with Crippen LogP contribution in [0, 0.1) is 0 Å². The Hall–Kier alpha value is -1.03. The molecule has 1 aliphatic rings. The van der Waals surface area contributed by atoms with Gasteiger partial charge in [0.1, 0.15) is 0 Å². The fraction of sp³-hybridized carbons (Fsp3) is 0.400. The summed E-state index contributed by atoms with van der Waals surface area (Å²) in [7, 11) is -8.58. The molecule has 19 heavy (non-hydrogen) atoms. The van der Waals surface area contributed by atoms with E-state index in [0.29, 0.717) is 19.6 Å². The number of hydrogen-bond acceptors (Lipinski definition) is 5. The van der Waals surface area contributed by atoms with E-state index >= 15 is 0 Å². The molecule has 1 atom stereocenters. The van der Waals surface area contributed by atoms with E-state index in [0.717, 1.165) is 24.3 Å². The first-order valence-corrected chi connectivity index (χ1v) is 8.30. The van der Waals surface area contributed by atoms with Gasteiger partial charge in [-0.25, -0.2) is 13.1 Å². The van der Waals surface area contributed by atoms with Gasteiger partial charge in [-0.05, 0) is 30.7 Å². The molecule has 1 fully saturated rings. The molecule has 1 saturated heterocycles. The second-order valence-corrected chi connectivity index (χ2v) is 7.15. The number of nitrogens with one attached hydrogen (secondary N) is 1. The van der Waals surface area contributed by atoms with Crippen molar-refractivity contribution in [1.29, 1.82) is 0 Å². The average molecular weight is 309 g/mol. The Bertz CT molecular complexity index is 648. The number of sulfonamides is 1. The topological polar surface area (TPSA) is 89.5 Å². The third-order valence-corrected chi connectivity index (χ3v) is 5.04. The SMILES string of the molecule is O=S(=O)(F)c1ccc(S(=O)(=O)NC2CCOC2)cc1. The second-order valence-electron chi connectivity index (χ2n) is 4.09. The first kappa shape index (κ1) is 14.4. The lowest BCUT2D eigenvalue weighted by Gasteiger charge is -2.11. The Morgan fingerprint density at radius 1 is 1.11 bits per heavy atom. The van der Waals surface area contributed by atoms with Crippen LogP contribution in [0.1, 0.15) is 6.42 Å². The minimum Gasteiger partial charge on any atom is -0.380 e. The lowest BCUT2D eigenvalue weighted by atomic mass is 10.3. The minimum absolute atomic E-state index is 0.119. The zero-order valence-corrected chi connectivity index (χ0v) is 11.4. The predicted molar refractivity (Wildman–Crippen MR) is 64.3 cm³/mol. The maximum Gasteiger partial charge on any atom is 0.332 e. The van der Waals surface area contributed by atoms with Crippen molar-refractivity contribution in [2.45, 2.75) is 22.3 Å². The summed E-state index contributed by atoms with van der Waals surface area (Å²) in [6.45, 7) is 0.794. The maximum atomic E-state index is 12.7. The molecular weight excluding hydrogens is 297 g/mol. The summed E-state index contributed by atoms with van der Waals surface area (Å²) in [5.41, 5.74) is 0. The molecule has 1 unspecified atom stereocenters. The van der Waals surface area contributed by atoms with Gasteiger partial charge in [0.05, 0.1) is 16.4 Å². The van der Waals surface area contributed by atoms with Crippen LogP contribution in [0.5, 0.6) is 0 Å². The summed E-state index contributed by atoms with van der Waals surface area (Å²) in [6, 6.07) is 3.62. The van der Waals surface area contributed by atoms with Crippen LogP contribution in [0.15, 0.2) is 34.1 Å². The molecule has 2 rings (SSSR count). The number of rotatable bonds is 4. The van der Waals surface area contributed by atoms with E-state index < -0.39 is 25.1 Å². The van der Waals surface area contributed by atoms with Gasteiger partial charge in [0.25, 0.3) is 0 Å². The van der Waals surface area contributed by atoms with Gasteiger partial charge in [0.15, 0.2) is 0 Å². The molecule has 0 aromatic heterocycles. The predicted octanol–water partition coefficient (Wildman–Crippen LogP) is 0.412. The smallest absolute Gasteiger partial charge is 0.332 e. The molecule has 0 radical (unpaired) electrons. The van der Waals surface area contributed by atoms with E-state index in [-0.39, 0.29) is 10.9 Å². The summed E-state index contributed by atoms with van der Waals surface area (Å²) < 4.78 is 65.3. The summed E-state index contributed by atoms with van der Waals surface area (Å²) in [5, 5.41) is 0. The van der Waals surface area contributed by atoms with Crippen molar-refractivity contribution in [3.05, 3.63) is 24.3 Å². The van der Waals surface area contributed by atoms with E-state index in [1.54, 1.807) is 0 Å². The van der Waals surface area contributed by atoms with Crippen molar-refractivity contribution < 1.29 is 25.5 Å². The van der Waals surface area contributed by atoms with Gasteiger partial charge >= 0.3 is 10.2 Å². The molecule has 0 spiro atoms.